The highest BCUT2D eigenvalue weighted by Crippen LogP contribution is 2.28. The Bertz CT molecular complexity index is 839. The third-order valence-corrected chi connectivity index (χ3v) is 4.38. The van der Waals surface area contributed by atoms with Crippen molar-refractivity contribution in [1.82, 2.24) is 4.98 Å². The van der Waals surface area contributed by atoms with Gasteiger partial charge in [0.2, 0.25) is 0 Å². The van der Waals surface area contributed by atoms with Gasteiger partial charge in [0.25, 0.3) is 0 Å². The van der Waals surface area contributed by atoms with Gasteiger partial charge in [-0.2, -0.15) is 5.26 Å². The molecule has 0 aliphatic carbocycles. The number of hydrogen-bond donors (Lipinski definition) is 0. The van der Waals surface area contributed by atoms with Crippen molar-refractivity contribution in [3.8, 4) is 11.8 Å². The fraction of sp³-hybridized carbons (Fsp3) is 0.158. The van der Waals surface area contributed by atoms with E-state index in [0.717, 1.165) is 33.0 Å². The van der Waals surface area contributed by atoms with E-state index in [1.165, 1.54) is 11.3 Å². The van der Waals surface area contributed by atoms with Crippen LogP contribution in [0.2, 0.25) is 0 Å². The molecule has 0 aliphatic heterocycles. The molecule has 0 amide bonds. The smallest absolute Gasteiger partial charge is 0.135 e. The summed E-state index contributed by atoms with van der Waals surface area (Å²) in [5.74, 6) is 0.850. The molecule has 3 nitrogen and oxygen atoms in total. The number of thiazole rings is 1. The van der Waals surface area contributed by atoms with Crippen LogP contribution < -0.4 is 4.74 Å². The lowest BCUT2D eigenvalue weighted by Gasteiger charge is -2.04. The number of allylic oxidation sites excluding steroid dienone is 1. The summed E-state index contributed by atoms with van der Waals surface area (Å²) in [5.41, 5.74) is 2.47. The van der Waals surface area contributed by atoms with Gasteiger partial charge in [-0.05, 0) is 42.3 Å². The summed E-state index contributed by atoms with van der Waals surface area (Å²) in [6.45, 7) is 2.79. The molecule has 0 atom stereocenters. The molecule has 0 saturated carbocycles. The molecule has 1 aromatic heterocycles. The van der Waals surface area contributed by atoms with Crippen LogP contribution in [-0.4, -0.2) is 11.6 Å². The minimum atomic E-state index is 0.577. The average Bonchev–Trinajstić information content (AvgIpc) is 3.02. The maximum atomic E-state index is 9.46. The first-order valence-electron chi connectivity index (χ1n) is 7.51. The van der Waals surface area contributed by atoms with Crippen LogP contribution in [-0.2, 0) is 0 Å². The fourth-order valence-electron chi connectivity index (χ4n) is 2.18. The molecule has 0 aliphatic rings. The van der Waals surface area contributed by atoms with E-state index in [0.29, 0.717) is 12.2 Å². The Labute approximate surface area is 139 Å². The van der Waals surface area contributed by atoms with Gasteiger partial charge in [-0.1, -0.05) is 31.2 Å². The molecule has 1 heterocycles. The van der Waals surface area contributed by atoms with E-state index in [4.69, 9.17) is 4.74 Å². The number of fused-ring (bicyclic) bond motifs is 1. The van der Waals surface area contributed by atoms with Crippen LogP contribution in [0.15, 0.2) is 48.5 Å². The van der Waals surface area contributed by atoms with Crippen molar-refractivity contribution >= 4 is 33.2 Å². The second kappa shape index (κ2) is 7.08. The predicted molar refractivity (Wildman–Crippen MR) is 95.3 cm³/mol. The van der Waals surface area contributed by atoms with Crippen LogP contribution in [0.4, 0.5) is 0 Å². The van der Waals surface area contributed by atoms with E-state index in [9.17, 15) is 5.26 Å². The zero-order valence-electron chi connectivity index (χ0n) is 12.8. The number of hydrogen-bond acceptors (Lipinski definition) is 4. The molecule has 0 bridgehead atoms. The minimum Gasteiger partial charge on any atom is -0.494 e. The van der Waals surface area contributed by atoms with Gasteiger partial charge in [0.15, 0.2) is 0 Å². The van der Waals surface area contributed by atoms with Crippen LogP contribution >= 0.6 is 11.3 Å². The van der Waals surface area contributed by atoms with E-state index in [1.807, 2.05) is 54.6 Å². The summed E-state index contributed by atoms with van der Waals surface area (Å²) in [4.78, 5) is 4.54. The van der Waals surface area contributed by atoms with Crippen LogP contribution in [0.5, 0.6) is 5.75 Å². The largest absolute Gasteiger partial charge is 0.494 e. The van der Waals surface area contributed by atoms with E-state index in [1.54, 1.807) is 0 Å². The standard InChI is InChI=1S/C19H16N2OS/c1-2-11-22-16-9-7-14(8-10-16)12-15(13-20)19-21-17-5-3-4-6-18(17)23-19/h3-10,12H,2,11H2,1H3/b15-12-. The van der Waals surface area contributed by atoms with Gasteiger partial charge in [0, 0.05) is 0 Å². The van der Waals surface area contributed by atoms with Crippen molar-refractivity contribution in [2.75, 3.05) is 6.61 Å². The second-order valence-corrected chi connectivity index (χ2v) is 6.10. The van der Waals surface area contributed by atoms with Crippen molar-refractivity contribution in [3.63, 3.8) is 0 Å². The van der Waals surface area contributed by atoms with Crippen molar-refractivity contribution < 1.29 is 4.74 Å². The van der Waals surface area contributed by atoms with E-state index >= 15 is 0 Å². The first-order valence-corrected chi connectivity index (χ1v) is 8.32. The summed E-state index contributed by atoms with van der Waals surface area (Å²) in [6.07, 6.45) is 2.85. The fourth-order valence-corrected chi connectivity index (χ4v) is 3.11. The minimum absolute atomic E-state index is 0.577. The van der Waals surface area contributed by atoms with Crippen LogP contribution in [0.25, 0.3) is 21.9 Å². The highest BCUT2D eigenvalue weighted by Gasteiger charge is 2.08. The summed E-state index contributed by atoms with van der Waals surface area (Å²) in [5, 5.41) is 10.2. The molecular formula is C19H16N2OS. The highest BCUT2D eigenvalue weighted by molar-refractivity contribution is 7.19. The van der Waals surface area contributed by atoms with Gasteiger partial charge < -0.3 is 4.74 Å². The van der Waals surface area contributed by atoms with Crippen LogP contribution in [0.3, 0.4) is 0 Å². The third-order valence-electron chi connectivity index (χ3n) is 3.31. The van der Waals surface area contributed by atoms with Gasteiger partial charge in [-0.15, -0.1) is 11.3 Å². The Kier molecular flexibility index (Phi) is 4.70. The monoisotopic (exact) mass is 320 g/mol. The van der Waals surface area contributed by atoms with Gasteiger partial charge in [0.1, 0.15) is 16.8 Å². The quantitative estimate of drug-likeness (QED) is 0.611. The number of nitrogens with zero attached hydrogens (tertiary/aromatic N) is 2. The van der Waals surface area contributed by atoms with Crippen LogP contribution in [0, 0.1) is 11.3 Å². The number of nitriles is 1. The summed E-state index contributed by atoms with van der Waals surface area (Å²) < 4.78 is 6.66. The van der Waals surface area contributed by atoms with Gasteiger partial charge in [0.05, 0.1) is 22.4 Å². The lowest BCUT2D eigenvalue weighted by atomic mass is 10.1. The van der Waals surface area contributed by atoms with Crippen molar-refractivity contribution in [2.24, 2.45) is 0 Å². The zero-order chi connectivity index (χ0) is 16.1. The van der Waals surface area contributed by atoms with E-state index < -0.39 is 0 Å². The number of aromatic nitrogens is 1. The Morgan fingerprint density at radius 3 is 2.70 bits per heavy atom. The second-order valence-electron chi connectivity index (χ2n) is 5.07. The topological polar surface area (TPSA) is 45.9 Å². The van der Waals surface area contributed by atoms with Gasteiger partial charge in [-0.25, -0.2) is 4.98 Å². The zero-order valence-corrected chi connectivity index (χ0v) is 13.6. The molecule has 0 saturated heterocycles. The third kappa shape index (κ3) is 3.58. The lowest BCUT2D eigenvalue weighted by Crippen LogP contribution is -1.94. The van der Waals surface area contributed by atoms with E-state index in [-0.39, 0.29) is 0 Å². The van der Waals surface area contributed by atoms with Gasteiger partial charge >= 0.3 is 0 Å². The first kappa shape index (κ1) is 15.3. The summed E-state index contributed by atoms with van der Waals surface area (Å²) >= 11 is 1.54. The average molecular weight is 320 g/mol. The number of benzene rings is 2. The molecule has 0 radical (unpaired) electrons. The molecule has 114 valence electrons. The molecule has 0 fully saturated rings. The molecule has 0 unspecified atom stereocenters. The molecule has 3 rings (SSSR count). The van der Waals surface area contributed by atoms with Crippen LogP contribution in [0.1, 0.15) is 23.9 Å². The van der Waals surface area contributed by atoms with Crippen molar-refractivity contribution in [3.05, 3.63) is 59.1 Å². The normalized spacial score (nSPS) is 11.4. The SMILES string of the molecule is CCCOc1ccc(/C=C(/C#N)c2nc3ccccc3s2)cc1. The molecule has 4 heteroatoms. The number of para-hydroxylation sites is 1. The Morgan fingerprint density at radius 2 is 2.00 bits per heavy atom. The number of rotatable bonds is 5. The summed E-state index contributed by atoms with van der Waals surface area (Å²) in [6, 6.07) is 17.9. The first-order chi connectivity index (χ1) is 11.3. The predicted octanol–water partition coefficient (Wildman–Crippen LogP) is 5.15. The number of ether oxygens (including phenoxy) is 1. The maximum absolute atomic E-state index is 9.46. The van der Waals surface area contributed by atoms with Gasteiger partial charge in [-0.3, -0.25) is 0 Å². The van der Waals surface area contributed by atoms with Crippen molar-refractivity contribution in [1.29, 1.82) is 5.26 Å². The summed E-state index contributed by atoms with van der Waals surface area (Å²) in [7, 11) is 0. The molecular weight excluding hydrogens is 304 g/mol. The molecule has 2 aromatic carbocycles. The molecule has 3 aromatic rings. The Balaban J connectivity index is 1.88. The Morgan fingerprint density at radius 1 is 1.22 bits per heavy atom. The van der Waals surface area contributed by atoms with Crippen molar-refractivity contribution in [2.45, 2.75) is 13.3 Å². The molecule has 0 N–H and O–H groups in total. The molecule has 23 heavy (non-hydrogen) atoms. The van der Waals surface area contributed by atoms with E-state index in [2.05, 4.69) is 18.0 Å². The lowest BCUT2D eigenvalue weighted by molar-refractivity contribution is 0.317. The Hall–Kier alpha value is -2.64. The molecule has 0 spiro atoms. The highest BCUT2D eigenvalue weighted by atomic mass is 32.1. The maximum Gasteiger partial charge on any atom is 0.135 e.